The van der Waals surface area contributed by atoms with E-state index in [2.05, 4.69) is 24.3 Å². The van der Waals surface area contributed by atoms with E-state index in [9.17, 15) is 0 Å². The second-order valence-corrected chi connectivity index (χ2v) is 7.24. The first-order valence-electron chi connectivity index (χ1n) is 9.77. The topological polar surface area (TPSA) is 44.7 Å². The molecule has 0 aliphatic carbocycles. The highest BCUT2D eigenvalue weighted by atomic mass is 16.5. The Hall–Kier alpha value is -3.92. The summed E-state index contributed by atoms with van der Waals surface area (Å²) in [5.74, 6) is 1.46. The number of fused-ring (bicyclic) bond motifs is 6. The van der Waals surface area contributed by atoms with Gasteiger partial charge in [-0.25, -0.2) is 0 Å². The van der Waals surface area contributed by atoms with Crippen LogP contribution in [0.4, 0.5) is 0 Å². The lowest BCUT2D eigenvalue weighted by Crippen LogP contribution is -1.83. The maximum atomic E-state index is 6.19. The molecule has 30 heavy (non-hydrogen) atoms. The van der Waals surface area contributed by atoms with E-state index in [0.29, 0.717) is 0 Å². The van der Waals surface area contributed by atoms with Gasteiger partial charge in [-0.15, -0.1) is 0 Å². The van der Waals surface area contributed by atoms with Gasteiger partial charge in [-0.05, 0) is 35.4 Å². The number of rotatable bonds is 3. The van der Waals surface area contributed by atoms with Crippen molar-refractivity contribution in [2.75, 3.05) is 14.2 Å². The smallest absolute Gasteiger partial charge is 0.177 e. The third-order valence-corrected chi connectivity index (χ3v) is 5.70. The third-order valence-electron chi connectivity index (χ3n) is 5.70. The van der Waals surface area contributed by atoms with Crippen molar-refractivity contribution in [3.63, 3.8) is 0 Å². The van der Waals surface area contributed by atoms with Gasteiger partial charge in [0.25, 0.3) is 0 Å². The van der Waals surface area contributed by atoms with Crippen molar-refractivity contribution in [2.45, 2.75) is 0 Å². The van der Waals surface area contributed by atoms with Crippen LogP contribution in [0.2, 0.25) is 0 Å². The molecular formula is C26H18O4. The van der Waals surface area contributed by atoms with Crippen molar-refractivity contribution >= 4 is 43.9 Å². The van der Waals surface area contributed by atoms with Crippen molar-refractivity contribution in [3.05, 3.63) is 72.8 Å². The summed E-state index contributed by atoms with van der Waals surface area (Å²) in [6.45, 7) is 0. The maximum absolute atomic E-state index is 6.19. The Kier molecular flexibility index (Phi) is 3.56. The normalized spacial score (nSPS) is 11.7. The van der Waals surface area contributed by atoms with Crippen LogP contribution in [-0.4, -0.2) is 14.2 Å². The van der Waals surface area contributed by atoms with Gasteiger partial charge in [0, 0.05) is 21.5 Å². The molecule has 0 amide bonds. The zero-order valence-corrected chi connectivity index (χ0v) is 16.6. The monoisotopic (exact) mass is 394 g/mol. The number of para-hydroxylation sites is 2. The first-order chi connectivity index (χ1) is 14.8. The number of furan rings is 2. The second-order valence-electron chi connectivity index (χ2n) is 7.24. The van der Waals surface area contributed by atoms with E-state index in [0.717, 1.165) is 66.5 Å². The lowest BCUT2D eigenvalue weighted by Gasteiger charge is -2.06. The van der Waals surface area contributed by atoms with E-state index in [1.54, 1.807) is 14.2 Å². The fourth-order valence-corrected chi connectivity index (χ4v) is 4.41. The zero-order valence-electron chi connectivity index (χ0n) is 16.6. The molecule has 2 heterocycles. The van der Waals surface area contributed by atoms with Crippen molar-refractivity contribution in [1.82, 2.24) is 0 Å². The average molecular weight is 394 g/mol. The SMILES string of the molecule is COc1cccc2c1oc1cccc(-c3cccc4oc5c(OC)cccc5c34)c12. The molecular weight excluding hydrogens is 376 g/mol. The van der Waals surface area contributed by atoms with Crippen LogP contribution in [0.5, 0.6) is 11.5 Å². The molecule has 0 atom stereocenters. The summed E-state index contributed by atoms with van der Waals surface area (Å²) in [6, 6.07) is 24.3. The lowest BCUT2D eigenvalue weighted by molar-refractivity contribution is 0.412. The molecule has 4 nitrogen and oxygen atoms in total. The molecule has 0 saturated carbocycles. The molecule has 0 aliphatic rings. The molecule has 0 bridgehead atoms. The molecule has 0 spiro atoms. The molecule has 0 saturated heterocycles. The van der Waals surface area contributed by atoms with Gasteiger partial charge in [-0.1, -0.05) is 48.5 Å². The van der Waals surface area contributed by atoms with Crippen LogP contribution in [0, 0.1) is 0 Å². The predicted molar refractivity (Wildman–Crippen MR) is 120 cm³/mol. The summed E-state index contributed by atoms with van der Waals surface area (Å²) >= 11 is 0. The Morgan fingerprint density at radius 1 is 0.533 bits per heavy atom. The zero-order chi connectivity index (χ0) is 20.2. The van der Waals surface area contributed by atoms with E-state index >= 15 is 0 Å². The van der Waals surface area contributed by atoms with Gasteiger partial charge < -0.3 is 18.3 Å². The van der Waals surface area contributed by atoms with Crippen molar-refractivity contribution in [2.24, 2.45) is 0 Å². The minimum atomic E-state index is 0.728. The summed E-state index contributed by atoms with van der Waals surface area (Å²) in [7, 11) is 3.32. The molecule has 0 radical (unpaired) electrons. The Morgan fingerprint density at radius 2 is 0.967 bits per heavy atom. The minimum absolute atomic E-state index is 0.728. The van der Waals surface area contributed by atoms with Gasteiger partial charge >= 0.3 is 0 Å². The number of methoxy groups -OCH3 is 2. The predicted octanol–water partition coefficient (Wildman–Crippen LogP) is 7.17. The summed E-state index contributed by atoms with van der Waals surface area (Å²) in [5, 5.41) is 4.19. The second kappa shape index (κ2) is 6.29. The number of ether oxygens (including phenoxy) is 2. The van der Waals surface area contributed by atoms with Gasteiger partial charge in [0.1, 0.15) is 11.2 Å². The minimum Gasteiger partial charge on any atom is -0.493 e. The number of benzene rings is 4. The average Bonchev–Trinajstić information content (AvgIpc) is 3.37. The van der Waals surface area contributed by atoms with Crippen LogP contribution in [0.3, 0.4) is 0 Å². The molecule has 2 aromatic heterocycles. The Labute approximate surface area is 172 Å². The standard InChI is InChI=1S/C26H18O4/c1-27-21-13-5-9-17-23-15(7-3-11-19(23)29-25(17)21)16-8-4-12-20-24(16)18-10-6-14-22(28-2)26(18)30-20/h3-14H,1-2H3. The molecule has 146 valence electrons. The van der Waals surface area contributed by atoms with E-state index in [1.165, 1.54) is 0 Å². The van der Waals surface area contributed by atoms with E-state index in [-0.39, 0.29) is 0 Å². The van der Waals surface area contributed by atoms with Gasteiger partial charge in [-0.2, -0.15) is 0 Å². The van der Waals surface area contributed by atoms with Crippen LogP contribution in [0.15, 0.2) is 81.6 Å². The van der Waals surface area contributed by atoms with Gasteiger partial charge in [0.15, 0.2) is 22.7 Å². The van der Waals surface area contributed by atoms with Crippen molar-refractivity contribution < 1.29 is 18.3 Å². The summed E-state index contributed by atoms with van der Waals surface area (Å²) in [4.78, 5) is 0. The highest BCUT2D eigenvalue weighted by Crippen LogP contribution is 2.44. The van der Waals surface area contributed by atoms with Crippen molar-refractivity contribution in [3.8, 4) is 22.6 Å². The Morgan fingerprint density at radius 3 is 1.40 bits per heavy atom. The van der Waals surface area contributed by atoms with E-state index in [4.69, 9.17) is 18.3 Å². The first-order valence-corrected chi connectivity index (χ1v) is 9.77. The van der Waals surface area contributed by atoms with Gasteiger partial charge in [0.2, 0.25) is 0 Å². The summed E-state index contributed by atoms with van der Waals surface area (Å²) < 4.78 is 23.4. The largest absolute Gasteiger partial charge is 0.493 e. The molecule has 0 N–H and O–H groups in total. The molecule has 6 rings (SSSR count). The van der Waals surface area contributed by atoms with Crippen LogP contribution in [0.25, 0.3) is 55.0 Å². The highest BCUT2D eigenvalue weighted by molar-refractivity contribution is 6.20. The molecule has 0 fully saturated rings. The molecule has 4 heteroatoms. The molecule has 0 unspecified atom stereocenters. The number of hydrogen-bond donors (Lipinski definition) is 0. The van der Waals surface area contributed by atoms with Crippen LogP contribution in [-0.2, 0) is 0 Å². The molecule has 4 aromatic carbocycles. The molecule has 6 aromatic rings. The van der Waals surface area contributed by atoms with E-state index < -0.39 is 0 Å². The van der Waals surface area contributed by atoms with Crippen LogP contribution < -0.4 is 9.47 Å². The summed E-state index contributed by atoms with van der Waals surface area (Å²) in [6.07, 6.45) is 0. The van der Waals surface area contributed by atoms with Gasteiger partial charge in [-0.3, -0.25) is 0 Å². The van der Waals surface area contributed by atoms with E-state index in [1.807, 2.05) is 48.5 Å². The molecule has 0 aliphatic heterocycles. The highest BCUT2D eigenvalue weighted by Gasteiger charge is 2.19. The van der Waals surface area contributed by atoms with Crippen molar-refractivity contribution in [1.29, 1.82) is 0 Å². The quantitative estimate of drug-likeness (QED) is 0.319. The third kappa shape index (κ3) is 2.22. The Balaban J connectivity index is 1.77. The summed E-state index contributed by atoms with van der Waals surface area (Å²) in [5.41, 5.74) is 5.36. The lowest BCUT2D eigenvalue weighted by atomic mass is 9.95. The maximum Gasteiger partial charge on any atom is 0.177 e. The van der Waals surface area contributed by atoms with Gasteiger partial charge in [0.05, 0.1) is 14.2 Å². The number of hydrogen-bond acceptors (Lipinski definition) is 4. The fraction of sp³-hybridized carbons (Fsp3) is 0.0769. The first kappa shape index (κ1) is 17.0. The van der Waals surface area contributed by atoms with Crippen LogP contribution >= 0.6 is 0 Å². The fourth-order valence-electron chi connectivity index (χ4n) is 4.41. The van der Waals surface area contributed by atoms with Crippen LogP contribution in [0.1, 0.15) is 0 Å². The Bertz CT molecular complexity index is 1450.